The maximum atomic E-state index is 12.3. The fourth-order valence-corrected chi connectivity index (χ4v) is 2.48. The van der Waals surface area contributed by atoms with Crippen molar-refractivity contribution in [3.8, 4) is 0 Å². The molecule has 0 bridgehead atoms. The lowest BCUT2D eigenvalue weighted by Crippen LogP contribution is -2.02. The molecule has 0 spiro atoms. The molecule has 0 amide bonds. The number of rotatable bonds is 4. The second-order valence-corrected chi connectivity index (χ2v) is 5.26. The summed E-state index contributed by atoms with van der Waals surface area (Å²) in [5, 5.41) is 3.97. The molecule has 0 N–H and O–H groups in total. The summed E-state index contributed by atoms with van der Waals surface area (Å²) in [5.41, 5.74) is 2.74. The third-order valence-electron chi connectivity index (χ3n) is 2.94. The zero-order chi connectivity index (χ0) is 13.1. The molecule has 2 rings (SSSR count). The van der Waals surface area contributed by atoms with Gasteiger partial charge < -0.3 is 0 Å². The highest BCUT2D eigenvalue weighted by molar-refractivity contribution is 7.08. The summed E-state index contributed by atoms with van der Waals surface area (Å²) in [6.07, 6.45) is 0.738. The van der Waals surface area contributed by atoms with Gasteiger partial charge in [0.25, 0.3) is 0 Å². The molecule has 0 aliphatic rings. The second-order valence-electron chi connectivity index (χ2n) is 4.51. The van der Waals surface area contributed by atoms with Crippen molar-refractivity contribution in [1.82, 2.24) is 9.59 Å². The topological polar surface area (TPSA) is 42.9 Å². The fraction of sp³-hybridized carbons (Fsp3) is 0.357. The van der Waals surface area contributed by atoms with Gasteiger partial charge in [0, 0.05) is 5.56 Å². The van der Waals surface area contributed by atoms with Crippen molar-refractivity contribution < 1.29 is 4.79 Å². The zero-order valence-electron chi connectivity index (χ0n) is 10.8. The number of aryl methyl sites for hydroxylation is 1. The first kappa shape index (κ1) is 12.9. The first-order valence-corrected chi connectivity index (χ1v) is 6.86. The van der Waals surface area contributed by atoms with E-state index in [9.17, 15) is 4.79 Å². The van der Waals surface area contributed by atoms with Crippen LogP contribution in [0.5, 0.6) is 0 Å². The van der Waals surface area contributed by atoms with Crippen LogP contribution in [0, 0.1) is 0 Å². The lowest BCUT2D eigenvalue weighted by Gasteiger charge is -2.05. The summed E-state index contributed by atoms with van der Waals surface area (Å²) in [5.74, 6) is 0.502. The van der Waals surface area contributed by atoms with Crippen LogP contribution < -0.4 is 0 Å². The molecule has 1 aromatic heterocycles. The molecule has 4 heteroatoms. The second kappa shape index (κ2) is 5.40. The maximum absolute atomic E-state index is 12.3. The molecule has 0 atom stereocenters. The minimum absolute atomic E-state index is 0.0251. The minimum Gasteiger partial charge on any atom is -0.288 e. The van der Waals surface area contributed by atoms with Crippen molar-refractivity contribution in [2.24, 2.45) is 0 Å². The highest BCUT2D eigenvalue weighted by atomic mass is 32.1. The van der Waals surface area contributed by atoms with Crippen LogP contribution in [0.25, 0.3) is 0 Å². The van der Waals surface area contributed by atoms with Gasteiger partial charge in [0.1, 0.15) is 4.88 Å². The monoisotopic (exact) mass is 260 g/mol. The molecular formula is C14H16N2OS. The standard InChI is InChI=1S/C14H16N2OS/c1-4-12-14(18-16-15-12)13(17)11-7-5-10(6-8-11)9(2)3/h5-9H,4H2,1-3H3. The number of nitrogens with zero attached hydrogens (tertiary/aromatic N) is 2. The average molecular weight is 260 g/mol. The molecule has 0 saturated carbocycles. The summed E-state index contributed by atoms with van der Waals surface area (Å²) < 4.78 is 3.86. The molecule has 2 aromatic rings. The molecule has 94 valence electrons. The van der Waals surface area contributed by atoms with Crippen LogP contribution in [0.15, 0.2) is 24.3 Å². The van der Waals surface area contributed by atoms with Crippen molar-refractivity contribution in [2.75, 3.05) is 0 Å². The van der Waals surface area contributed by atoms with E-state index >= 15 is 0 Å². The lowest BCUT2D eigenvalue weighted by atomic mass is 10.00. The van der Waals surface area contributed by atoms with Gasteiger partial charge in [-0.15, -0.1) is 5.10 Å². The van der Waals surface area contributed by atoms with Crippen LogP contribution in [0.4, 0.5) is 0 Å². The number of carbonyl (C=O) groups excluding carboxylic acids is 1. The highest BCUT2D eigenvalue weighted by Crippen LogP contribution is 2.19. The van der Waals surface area contributed by atoms with Gasteiger partial charge in [0.2, 0.25) is 5.78 Å². The van der Waals surface area contributed by atoms with Crippen molar-refractivity contribution in [1.29, 1.82) is 0 Å². The molecule has 0 aliphatic heterocycles. The number of hydrogen-bond acceptors (Lipinski definition) is 4. The van der Waals surface area contributed by atoms with Gasteiger partial charge in [-0.3, -0.25) is 4.79 Å². The van der Waals surface area contributed by atoms with Crippen molar-refractivity contribution >= 4 is 17.3 Å². The summed E-state index contributed by atoms with van der Waals surface area (Å²) in [6.45, 7) is 6.26. The van der Waals surface area contributed by atoms with Gasteiger partial charge in [0.05, 0.1) is 5.69 Å². The zero-order valence-corrected chi connectivity index (χ0v) is 11.6. The van der Waals surface area contributed by atoms with E-state index in [1.165, 1.54) is 17.1 Å². The van der Waals surface area contributed by atoms with Gasteiger partial charge in [-0.2, -0.15) is 0 Å². The smallest absolute Gasteiger partial charge is 0.206 e. The molecule has 18 heavy (non-hydrogen) atoms. The van der Waals surface area contributed by atoms with Gasteiger partial charge in [-0.1, -0.05) is 49.5 Å². The van der Waals surface area contributed by atoms with E-state index in [1.807, 2.05) is 31.2 Å². The van der Waals surface area contributed by atoms with Crippen LogP contribution in [0.2, 0.25) is 0 Å². The Labute approximate surface area is 111 Å². The number of carbonyl (C=O) groups is 1. The fourth-order valence-electron chi connectivity index (χ4n) is 1.76. The Balaban J connectivity index is 2.29. The number of ketones is 1. The lowest BCUT2D eigenvalue weighted by molar-refractivity contribution is 0.104. The predicted molar refractivity (Wildman–Crippen MR) is 73.3 cm³/mol. The van der Waals surface area contributed by atoms with E-state index in [4.69, 9.17) is 0 Å². The molecule has 0 unspecified atom stereocenters. The first-order valence-electron chi connectivity index (χ1n) is 6.09. The molecule has 3 nitrogen and oxygen atoms in total. The van der Waals surface area contributed by atoms with E-state index in [1.54, 1.807) is 0 Å². The SMILES string of the molecule is CCc1nnsc1C(=O)c1ccc(C(C)C)cc1. The third-order valence-corrected chi connectivity index (χ3v) is 3.70. The van der Waals surface area contributed by atoms with Crippen LogP contribution in [0.1, 0.15) is 53.2 Å². The Bertz CT molecular complexity index is 543. The van der Waals surface area contributed by atoms with Crippen LogP contribution >= 0.6 is 11.5 Å². The van der Waals surface area contributed by atoms with E-state index in [0.29, 0.717) is 16.4 Å². The molecule has 0 radical (unpaired) electrons. The third kappa shape index (κ3) is 2.48. The van der Waals surface area contributed by atoms with Gasteiger partial charge in [-0.25, -0.2) is 0 Å². The molecule has 1 aromatic carbocycles. The normalized spacial score (nSPS) is 10.9. The Morgan fingerprint density at radius 1 is 1.28 bits per heavy atom. The predicted octanol–water partition coefficient (Wildman–Crippen LogP) is 3.45. The summed E-state index contributed by atoms with van der Waals surface area (Å²) in [7, 11) is 0. The van der Waals surface area contributed by atoms with Crippen molar-refractivity contribution in [3.63, 3.8) is 0 Å². The summed E-state index contributed by atoms with van der Waals surface area (Å²) in [6, 6.07) is 7.80. The van der Waals surface area contributed by atoms with Crippen molar-refractivity contribution in [3.05, 3.63) is 46.0 Å². The summed E-state index contributed by atoms with van der Waals surface area (Å²) in [4.78, 5) is 13.0. The van der Waals surface area contributed by atoms with E-state index < -0.39 is 0 Å². The Hall–Kier alpha value is -1.55. The van der Waals surface area contributed by atoms with Crippen LogP contribution in [-0.4, -0.2) is 15.4 Å². The number of aromatic nitrogens is 2. The van der Waals surface area contributed by atoms with E-state index in [-0.39, 0.29) is 5.78 Å². The first-order chi connectivity index (χ1) is 8.63. The Morgan fingerprint density at radius 2 is 1.94 bits per heavy atom. The highest BCUT2D eigenvalue weighted by Gasteiger charge is 2.16. The Morgan fingerprint density at radius 3 is 2.50 bits per heavy atom. The summed E-state index contributed by atoms with van der Waals surface area (Å²) >= 11 is 1.18. The molecular weight excluding hydrogens is 244 g/mol. The van der Waals surface area contributed by atoms with E-state index in [0.717, 1.165) is 12.1 Å². The van der Waals surface area contributed by atoms with Gasteiger partial charge >= 0.3 is 0 Å². The molecule has 0 aliphatic carbocycles. The van der Waals surface area contributed by atoms with Gasteiger partial charge in [0.15, 0.2) is 0 Å². The van der Waals surface area contributed by atoms with Crippen LogP contribution in [0.3, 0.4) is 0 Å². The molecule has 0 saturated heterocycles. The van der Waals surface area contributed by atoms with Crippen molar-refractivity contribution in [2.45, 2.75) is 33.1 Å². The van der Waals surface area contributed by atoms with Crippen LogP contribution in [-0.2, 0) is 6.42 Å². The minimum atomic E-state index is 0.0251. The largest absolute Gasteiger partial charge is 0.288 e. The number of hydrogen-bond donors (Lipinski definition) is 0. The maximum Gasteiger partial charge on any atom is 0.206 e. The number of benzene rings is 1. The van der Waals surface area contributed by atoms with E-state index in [2.05, 4.69) is 23.4 Å². The average Bonchev–Trinajstić information content (AvgIpc) is 2.86. The van der Waals surface area contributed by atoms with Gasteiger partial charge in [-0.05, 0) is 29.4 Å². The molecule has 1 heterocycles. The Kier molecular flexibility index (Phi) is 3.87. The molecule has 0 fully saturated rings. The quantitative estimate of drug-likeness (QED) is 0.791.